The molecule has 0 bridgehead atoms. The summed E-state index contributed by atoms with van der Waals surface area (Å²) in [6.07, 6.45) is 1.61. The zero-order valence-corrected chi connectivity index (χ0v) is 9.97. The van der Waals surface area contributed by atoms with Gasteiger partial charge < -0.3 is 10.0 Å². The van der Waals surface area contributed by atoms with Gasteiger partial charge in [0, 0.05) is 11.6 Å². The van der Waals surface area contributed by atoms with Crippen LogP contribution in [-0.2, 0) is 4.79 Å². The summed E-state index contributed by atoms with van der Waals surface area (Å²) in [5.41, 5.74) is 0.190. The van der Waals surface area contributed by atoms with Gasteiger partial charge in [-0.2, -0.15) is 0 Å². The molecule has 0 saturated heterocycles. The van der Waals surface area contributed by atoms with Crippen molar-refractivity contribution in [1.82, 2.24) is 4.90 Å². The maximum Gasteiger partial charge on any atom is 0.326 e. The summed E-state index contributed by atoms with van der Waals surface area (Å²) in [5.74, 6) is -1.97. The number of rotatable bonds is 4. The van der Waals surface area contributed by atoms with Crippen molar-refractivity contribution in [2.75, 3.05) is 0 Å². The summed E-state index contributed by atoms with van der Waals surface area (Å²) in [4.78, 5) is 24.6. The topological polar surface area (TPSA) is 57.6 Å². The molecule has 1 atom stereocenters. The van der Waals surface area contributed by atoms with Crippen LogP contribution in [0, 0.1) is 5.82 Å². The highest BCUT2D eigenvalue weighted by Crippen LogP contribution is 2.30. The number of hydrogen-bond donors (Lipinski definition) is 1. The highest BCUT2D eigenvalue weighted by Gasteiger charge is 2.38. The van der Waals surface area contributed by atoms with E-state index in [9.17, 15) is 14.0 Å². The first-order valence-electron chi connectivity index (χ1n) is 5.81. The van der Waals surface area contributed by atoms with Crippen LogP contribution in [0.2, 0.25) is 0 Å². The minimum absolute atomic E-state index is 0.0353. The van der Waals surface area contributed by atoms with E-state index in [1.807, 2.05) is 0 Å². The van der Waals surface area contributed by atoms with Gasteiger partial charge in [-0.25, -0.2) is 9.18 Å². The summed E-state index contributed by atoms with van der Waals surface area (Å²) < 4.78 is 13.1. The molecule has 1 aliphatic carbocycles. The molecular weight excluding hydrogens is 237 g/mol. The first kappa shape index (κ1) is 12.5. The Morgan fingerprint density at radius 1 is 1.44 bits per heavy atom. The van der Waals surface area contributed by atoms with Crippen molar-refractivity contribution in [3.8, 4) is 0 Å². The lowest BCUT2D eigenvalue weighted by Crippen LogP contribution is -2.44. The van der Waals surface area contributed by atoms with Gasteiger partial charge in [-0.3, -0.25) is 4.79 Å². The fraction of sp³-hybridized carbons (Fsp3) is 0.385. The summed E-state index contributed by atoms with van der Waals surface area (Å²) >= 11 is 0. The molecule has 1 N–H and O–H groups in total. The fourth-order valence-electron chi connectivity index (χ4n) is 1.90. The Morgan fingerprint density at radius 2 is 2.11 bits per heavy atom. The van der Waals surface area contributed by atoms with E-state index in [-0.39, 0.29) is 11.6 Å². The molecule has 1 fully saturated rings. The standard InChI is InChI=1S/C13H14FNO3/c1-8(13(17)18)15(11-5-6-11)12(16)9-3-2-4-10(14)7-9/h2-4,7-8,11H,5-6H2,1H3,(H,17,18). The second-order valence-electron chi connectivity index (χ2n) is 4.47. The Labute approximate surface area is 104 Å². The van der Waals surface area contributed by atoms with Gasteiger partial charge in [0.25, 0.3) is 5.91 Å². The molecule has 1 aromatic rings. The Hall–Kier alpha value is -1.91. The van der Waals surface area contributed by atoms with Crippen LogP contribution in [0.25, 0.3) is 0 Å². The summed E-state index contributed by atoms with van der Waals surface area (Å²) in [6.45, 7) is 1.47. The van der Waals surface area contributed by atoms with E-state index in [0.717, 1.165) is 18.9 Å². The van der Waals surface area contributed by atoms with Crippen LogP contribution in [0.1, 0.15) is 30.1 Å². The molecule has 96 valence electrons. The van der Waals surface area contributed by atoms with E-state index in [4.69, 9.17) is 5.11 Å². The number of amides is 1. The lowest BCUT2D eigenvalue weighted by atomic mass is 10.1. The third-order valence-electron chi connectivity index (χ3n) is 3.02. The van der Waals surface area contributed by atoms with Crippen LogP contribution in [0.5, 0.6) is 0 Å². The molecule has 2 rings (SSSR count). The molecule has 1 saturated carbocycles. The molecular formula is C13H14FNO3. The number of carbonyl (C=O) groups is 2. The number of hydrogen-bond acceptors (Lipinski definition) is 2. The number of nitrogens with zero attached hydrogens (tertiary/aromatic N) is 1. The average Bonchev–Trinajstić information content (AvgIpc) is 3.13. The quantitative estimate of drug-likeness (QED) is 0.889. The lowest BCUT2D eigenvalue weighted by molar-refractivity contribution is -0.141. The Balaban J connectivity index is 2.26. The Morgan fingerprint density at radius 3 is 2.61 bits per heavy atom. The summed E-state index contributed by atoms with van der Waals surface area (Å²) in [5, 5.41) is 9.01. The number of benzene rings is 1. The van der Waals surface area contributed by atoms with Crippen molar-refractivity contribution in [3.63, 3.8) is 0 Å². The van der Waals surface area contributed by atoms with Crippen molar-refractivity contribution in [2.24, 2.45) is 0 Å². The molecule has 0 spiro atoms. The van der Waals surface area contributed by atoms with Crippen LogP contribution in [0.15, 0.2) is 24.3 Å². The number of aliphatic carboxylic acids is 1. The number of carboxylic acids is 1. The van der Waals surface area contributed by atoms with Crippen LogP contribution in [-0.4, -0.2) is 34.0 Å². The molecule has 1 aliphatic rings. The van der Waals surface area contributed by atoms with Crippen molar-refractivity contribution in [3.05, 3.63) is 35.6 Å². The maximum absolute atomic E-state index is 13.1. The van der Waals surface area contributed by atoms with Crippen molar-refractivity contribution in [1.29, 1.82) is 0 Å². The molecule has 18 heavy (non-hydrogen) atoms. The van der Waals surface area contributed by atoms with Gasteiger partial charge in [0.15, 0.2) is 0 Å². The van der Waals surface area contributed by atoms with Crippen LogP contribution in [0.4, 0.5) is 4.39 Å². The predicted octanol–water partition coefficient (Wildman–Crippen LogP) is 1.90. The van der Waals surface area contributed by atoms with Crippen LogP contribution in [0.3, 0.4) is 0 Å². The maximum atomic E-state index is 13.1. The third-order valence-corrected chi connectivity index (χ3v) is 3.02. The fourth-order valence-corrected chi connectivity index (χ4v) is 1.90. The van der Waals surface area contributed by atoms with E-state index in [1.54, 1.807) is 0 Å². The number of halogens is 1. The molecule has 4 nitrogen and oxygen atoms in total. The monoisotopic (exact) mass is 251 g/mol. The molecule has 0 radical (unpaired) electrons. The van der Waals surface area contributed by atoms with Gasteiger partial charge in [0.2, 0.25) is 0 Å². The van der Waals surface area contributed by atoms with E-state index >= 15 is 0 Å². The first-order chi connectivity index (χ1) is 8.50. The minimum atomic E-state index is -1.05. The van der Waals surface area contributed by atoms with E-state index < -0.39 is 23.7 Å². The smallest absolute Gasteiger partial charge is 0.326 e. The second-order valence-corrected chi connectivity index (χ2v) is 4.47. The van der Waals surface area contributed by atoms with Crippen molar-refractivity contribution in [2.45, 2.75) is 31.8 Å². The third kappa shape index (κ3) is 2.50. The van der Waals surface area contributed by atoms with Crippen molar-refractivity contribution < 1.29 is 19.1 Å². The zero-order chi connectivity index (χ0) is 13.3. The van der Waals surface area contributed by atoms with Gasteiger partial charge >= 0.3 is 5.97 Å². The normalized spacial score (nSPS) is 16.1. The molecule has 1 amide bonds. The van der Waals surface area contributed by atoms with Gasteiger partial charge in [0.05, 0.1) is 0 Å². The Kier molecular flexibility index (Phi) is 3.32. The number of carboxylic acid groups (broad SMARTS) is 1. The average molecular weight is 251 g/mol. The van der Waals surface area contributed by atoms with Crippen molar-refractivity contribution >= 4 is 11.9 Å². The summed E-state index contributed by atoms with van der Waals surface area (Å²) in [7, 11) is 0. The highest BCUT2D eigenvalue weighted by molar-refractivity contribution is 5.97. The molecule has 0 aromatic heterocycles. The minimum Gasteiger partial charge on any atom is -0.480 e. The predicted molar refractivity (Wildman–Crippen MR) is 62.7 cm³/mol. The molecule has 5 heteroatoms. The van der Waals surface area contributed by atoms with Crippen LogP contribution < -0.4 is 0 Å². The molecule has 0 aliphatic heterocycles. The molecule has 0 heterocycles. The molecule has 1 unspecified atom stereocenters. The largest absolute Gasteiger partial charge is 0.480 e. The lowest BCUT2D eigenvalue weighted by Gasteiger charge is -2.26. The first-order valence-corrected chi connectivity index (χ1v) is 5.81. The van der Waals surface area contributed by atoms with Crippen LogP contribution >= 0.6 is 0 Å². The van der Waals surface area contributed by atoms with Gasteiger partial charge in [0.1, 0.15) is 11.9 Å². The zero-order valence-electron chi connectivity index (χ0n) is 9.97. The summed E-state index contributed by atoms with van der Waals surface area (Å²) in [6, 6.07) is 4.39. The SMILES string of the molecule is CC(C(=O)O)N(C(=O)c1cccc(F)c1)C1CC1. The highest BCUT2D eigenvalue weighted by atomic mass is 19.1. The Bertz CT molecular complexity index is 485. The van der Waals surface area contributed by atoms with E-state index in [1.165, 1.54) is 30.0 Å². The molecule has 1 aromatic carbocycles. The van der Waals surface area contributed by atoms with Gasteiger partial charge in [-0.05, 0) is 38.0 Å². The number of carbonyl (C=O) groups excluding carboxylic acids is 1. The van der Waals surface area contributed by atoms with E-state index in [0.29, 0.717) is 0 Å². The van der Waals surface area contributed by atoms with Gasteiger partial charge in [-0.15, -0.1) is 0 Å². The van der Waals surface area contributed by atoms with E-state index in [2.05, 4.69) is 0 Å². The van der Waals surface area contributed by atoms with Gasteiger partial charge in [-0.1, -0.05) is 6.07 Å². The second kappa shape index (κ2) is 4.76.